The summed E-state index contributed by atoms with van der Waals surface area (Å²) in [6.07, 6.45) is 3.86. The van der Waals surface area contributed by atoms with E-state index in [9.17, 15) is 4.39 Å². The van der Waals surface area contributed by atoms with Gasteiger partial charge in [-0.05, 0) is 30.9 Å². The fraction of sp³-hybridized carbons (Fsp3) is 0.571. The maximum atomic E-state index is 13.7. The van der Waals surface area contributed by atoms with Gasteiger partial charge in [-0.15, -0.1) is 0 Å². The lowest BCUT2D eigenvalue weighted by molar-refractivity contribution is 0.0508. The van der Waals surface area contributed by atoms with Crippen LogP contribution in [0.4, 0.5) is 4.39 Å². The number of halogens is 1. The van der Waals surface area contributed by atoms with E-state index in [0.717, 1.165) is 12.5 Å². The lowest BCUT2D eigenvalue weighted by Crippen LogP contribution is -2.19. The van der Waals surface area contributed by atoms with Crippen LogP contribution in [0.2, 0.25) is 0 Å². The summed E-state index contributed by atoms with van der Waals surface area (Å²) in [6, 6.07) is 4.85. The summed E-state index contributed by atoms with van der Waals surface area (Å²) in [5.41, 5.74) is 0. The average Bonchev–Trinajstić information content (AvgIpc) is 2.33. The summed E-state index contributed by atoms with van der Waals surface area (Å²) >= 11 is 0. The summed E-state index contributed by atoms with van der Waals surface area (Å²) in [5.74, 6) is 0.669. The second kappa shape index (κ2) is 6.59. The zero-order valence-corrected chi connectivity index (χ0v) is 10.7. The van der Waals surface area contributed by atoms with Crippen molar-refractivity contribution in [3.8, 4) is 11.5 Å². The van der Waals surface area contributed by atoms with Crippen LogP contribution in [0.5, 0.6) is 11.5 Å². The maximum absolute atomic E-state index is 13.7. The molecular formula is C14H19FO3. The van der Waals surface area contributed by atoms with Gasteiger partial charge in [0.2, 0.25) is 5.82 Å². The van der Waals surface area contributed by atoms with Crippen LogP contribution in [-0.2, 0) is 4.74 Å². The molecule has 0 heterocycles. The Morgan fingerprint density at radius 1 is 1.22 bits per heavy atom. The fourth-order valence-corrected chi connectivity index (χ4v) is 1.88. The molecule has 3 nitrogen and oxygen atoms in total. The summed E-state index contributed by atoms with van der Waals surface area (Å²) in [6.45, 7) is 1.65. The third kappa shape index (κ3) is 3.35. The first kappa shape index (κ1) is 13.1. The Balaban J connectivity index is 1.69. The van der Waals surface area contributed by atoms with Crippen molar-refractivity contribution in [3.63, 3.8) is 0 Å². The smallest absolute Gasteiger partial charge is 0.206 e. The van der Waals surface area contributed by atoms with Crippen LogP contribution in [0.3, 0.4) is 0 Å². The SMILES string of the molecule is COc1cccc(OCCOCC2CCC2)c1F. The van der Waals surface area contributed by atoms with E-state index in [-0.39, 0.29) is 11.5 Å². The zero-order valence-electron chi connectivity index (χ0n) is 10.7. The molecule has 2 rings (SSSR count). The van der Waals surface area contributed by atoms with Gasteiger partial charge in [-0.25, -0.2) is 0 Å². The van der Waals surface area contributed by atoms with Crippen molar-refractivity contribution >= 4 is 0 Å². The Kier molecular flexibility index (Phi) is 4.81. The molecule has 0 amide bonds. The van der Waals surface area contributed by atoms with Crippen molar-refractivity contribution in [2.75, 3.05) is 26.9 Å². The first-order valence-corrected chi connectivity index (χ1v) is 6.34. The number of methoxy groups -OCH3 is 1. The Labute approximate surface area is 107 Å². The van der Waals surface area contributed by atoms with Crippen LogP contribution in [0.15, 0.2) is 18.2 Å². The molecule has 1 aliphatic rings. The molecule has 0 spiro atoms. The van der Waals surface area contributed by atoms with E-state index in [1.54, 1.807) is 18.2 Å². The molecule has 1 aliphatic carbocycles. The Bertz CT molecular complexity index is 377. The third-order valence-electron chi connectivity index (χ3n) is 3.21. The molecule has 0 radical (unpaired) electrons. The molecule has 0 atom stereocenters. The first-order chi connectivity index (χ1) is 8.81. The predicted molar refractivity (Wildman–Crippen MR) is 66.6 cm³/mol. The van der Waals surface area contributed by atoms with Crippen LogP contribution in [-0.4, -0.2) is 26.9 Å². The Morgan fingerprint density at radius 2 is 2.00 bits per heavy atom. The number of rotatable bonds is 7. The molecule has 0 aromatic heterocycles. The molecule has 4 heteroatoms. The highest BCUT2D eigenvalue weighted by Gasteiger charge is 2.17. The maximum Gasteiger partial charge on any atom is 0.206 e. The highest BCUT2D eigenvalue weighted by molar-refractivity contribution is 5.35. The van der Waals surface area contributed by atoms with Crippen LogP contribution >= 0.6 is 0 Å². The van der Waals surface area contributed by atoms with Crippen LogP contribution in [0, 0.1) is 11.7 Å². The van der Waals surface area contributed by atoms with Gasteiger partial charge in [-0.3, -0.25) is 0 Å². The van der Waals surface area contributed by atoms with Crippen molar-refractivity contribution in [3.05, 3.63) is 24.0 Å². The second-order valence-corrected chi connectivity index (χ2v) is 4.49. The average molecular weight is 254 g/mol. The van der Waals surface area contributed by atoms with Crippen molar-refractivity contribution in [1.29, 1.82) is 0 Å². The lowest BCUT2D eigenvalue weighted by Gasteiger charge is -2.24. The Morgan fingerprint density at radius 3 is 2.67 bits per heavy atom. The predicted octanol–water partition coefficient (Wildman–Crippen LogP) is 3.03. The van der Waals surface area contributed by atoms with Crippen molar-refractivity contribution in [2.24, 2.45) is 5.92 Å². The number of hydrogen-bond acceptors (Lipinski definition) is 3. The Hall–Kier alpha value is -1.29. The molecule has 18 heavy (non-hydrogen) atoms. The standard InChI is InChI=1S/C14H19FO3/c1-16-12-6-3-7-13(14(12)15)18-9-8-17-10-11-4-2-5-11/h3,6-7,11H,2,4-5,8-10H2,1H3. The molecular weight excluding hydrogens is 235 g/mol. The minimum Gasteiger partial charge on any atom is -0.494 e. The van der Waals surface area contributed by atoms with E-state index in [1.165, 1.54) is 26.4 Å². The van der Waals surface area contributed by atoms with Gasteiger partial charge in [0, 0.05) is 6.61 Å². The minimum atomic E-state index is -0.459. The molecule has 0 N–H and O–H groups in total. The van der Waals surface area contributed by atoms with Gasteiger partial charge in [0.15, 0.2) is 11.5 Å². The number of hydrogen-bond donors (Lipinski definition) is 0. The lowest BCUT2D eigenvalue weighted by atomic mass is 9.86. The van der Waals surface area contributed by atoms with Gasteiger partial charge in [-0.2, -0.15) is 4.39 Å². The summed E-state index contributed by atoms with van der Waals surface area (Å²) in [7, 11) is 1.43. The monoisotopic (exact) mass is 254 g/mol. The van der Waals surface area contributed by atoms with E-state index in [2.05, 4.69) is 0 Å². The van der Waals surface area contributed by atoms with Crippen LogP contribution in [0.25, 0.3) is 0 Å². The van der Waals surface area contributed by atoms with Crippen LogP contribution < -0.4 is 9.47 Å². The molecule has 0 bridgehead atoms. The fourth-order valence-electron chi connectivity index (χ4n) is 1.88. The molecule has 0 aliphatic heterocycles. The zero-order chi connectivity index (χ0) is 12.8. The first-order valence-electron chi connectivity index (χ1n) is 6.34. The molecule has 0 saturated heterocycles. The molecule has 1 fully saturated rings. The van der Waals surface area contributed by atoms with Crippen molar-refractivity contribution < 1.29 is 18.6 Å². The van der Waals surface area contributed by atoms with E-state index >= 15 is 0 Å². The van der Waals surface area contributed by atoms with E-state index in [1.807, 2.05) is 0 Å². The van der Waals surface area contributed by atoms with Crippen molar-refractivity contribution in [2.45, 2.75) is 19.3 Å². The molecule has 100 valence electrons. The second-order valence-electron chi connectivity index (χ2n) is 4.49. The van der Waals surface area contributed by atoms with E-state index < -0.39 is 5.82 Å². The normalized spacial score (nSPS) is 15.2. The minimum absolute atomic E-state index is 0.197. The third-order valence-corrected chi connectivity index (χ3v) is 3.21. The van der Waals surface area contributed by atoms with Gasteiger partial charge in [0.05, 0.1) is 13.7 Å². The highest BCUT2D eigenvalue weighted by Crippen LogP contribution is 2.27. The summed E-state index contributed by atoms with van der Waals surface area (Å²) in [4.78, 5) is 0. The highest BCUT2D eigenvalue weighted by atomic mass is 19.1. The van der Waals surface area contributed by atoms with Gasteiger partial charge in [0.1, 0.15) is 6.61 Å². The number of ether oxygens (including phenoxy) is 3. The summed E-state index contributed by atoms with van der Waals surface area (Å²) in [5, 5.41) is 0. The van der Waals surface area contributed by atoms with Gasteiger partial charge in [-0.1, -0.05) is 12.5 Å². The van der Waals surface area contributed by atoms with Gasteiger partial charge >= 0.3 is 0 Å². The number of benzene rings is 1. The quantitative estimate of drug-likeness (QED) is 0.700. The molecule has 1 aromatic rings. The van der Waals surface area contributed by atoms with E-state index in [4.69, 9.17) is 14.2 Å². The molecule has 1 saturated carbocycles. The van der Waals surface area contributed by atoms with Gasteiger partial charge < -0.3 is 14.2 Å². The topological polar surface area (TPSA) is 27.7 Å². The molecule has 1 aromatic carbocycles. The summed E-state index contributed by atoms with van der Waals surface area (Å²) < 4.78 is 29.4. The van der Waals surface area contributed by atoms with Gasteiger partial charge in [0.25, 0.3) is 0 Å². The van der Waals surface area contributed by atoms with Crippen molar-refractivity contribution in [1.82, 2.24) is 0 Å². The molecule has 0 unspecified atom stereocenters. The van der Waals surface area contributed by atoms with Crippen LogP contribution in [0.1, 0.15) is 19.3 Å². The van der Waals surface area contributed by atoms with E-state index in [0.29, 0.717) is 13.2 Å². The largest absolute Gasteiger partial charge is 0.494 e.